The van der Waals surface area contributed by atoms with Gasteiger partial charge < -0.3 is 5.11 Å². The Morgan fingerprint density at radius 2 is 1.91 bits per heavy atom. The van der Waals surface area contributed by atoms with E-state index in [9.17, 15) is 5.11 Å². The monoisotopic (exact) mass is 159 g/mol. The van der Waals surface area contributed by atoms with Crippen LogP contribution in [0.4, 0.5) is 0 Å². The quantitative estimate of drug-likeness (QED) is 0.598. The van der Waals surface area contributed by atoms with Crippen LogP contribution in [0, 0.1) is 0 Å². The van der Waals surface area contributed by atoms with Gasteiger partial charge in [0, 0.05) is 6.54 Å². The SMILES string of the molecule is CCCCN(C)C(O)CCC. The molecule has 0 heterocycles. The summed E-state index contributed by atoms with van der Waals surface area (Å²) in [5.41, 5.74) is 0. The second-order valence-corrected chi connectivity index (χ2v) is 3.10. The van der Waals surface area contributed by atoms with E-state index in [1.807, 2.05) is 11.9 Å². The Morgan fingerprint density at radius 3 is 2.36 bits per heavy atom. The molecule has 0 bridgehead atoms. The maximum Gasteiger partial charge on any atom is 0.107 e. The third kappa shape index (κ3) is 5.22. The molecule has 0 radical (unpaired) electrons. The van der Waals surface area contributed by atoms with Crippen molar-refractivity contribution in [2.45, 2.75) is 45.8 Å². The van der Waals surface area contributed by atoms with Gasteiger partial charge in [-0.3, -0.25) is 4.90 Å². The minimum Gasteiger partial charge on any atom is -0.378 e. The van der Waals surface area contributed by atoms with Crippen molar-refractivity contribution in [1.29, 1.82) is 0 Å². The molecule has 0 saturated carbocycles. The number of hydrogen-bond acceptors (Lipinski definition) is 2. The topological polar surface area (TPSA) is 23.5 Å². The van der Waals surface area contributed by atoms with Crippen LogP contribution >= 0.6 is 0 Å². The number of hydrogen-bond donors (Lipinski definition) is 1. The van der Waals surface area contributed by atoms with E-state index in [0.717, 1.165) is 19.4 Å². The Kier molecular flexibility index (Phi) is 6.57. The molecule has 0 aliphatic heterocycles. The molecule has 0 fully saturated rings. The molecular formula is C9H21NO. The zero-order valence-corrected chi connectivity index (χ0v) is 8.01. The summed E-state index contributed by atoms with van der Waals surface area (Å²) in [7, 11) is 1.98. The van der Waals surface area contributed by atoms with Gasteiger partial charge in [0.1, 0.15) is 6.23 Å². The average Bonchev–Trinajstić information content (AvgIpc) is 2.00. The lowest BCUT2D eigenvalue weighted by molar-refractivity contribution is 0.0146. The average molecular weight is 159 g/mol. The summed E-state index contributed by atoms with van der Waals surface area (Å²) in [5.74, 6) is 0. The van der Waals surface area contributed by atoms with Crippen molar-refractivity contribution < 1.29 is 5.11 Å². The van der Waals surface area contributed by atoms with Crippen molar-refractivity contribution in [3.05, 3.63) is 0 Å². The first kappa shape index (κ1) is 10.9. The lowest BCUT2D eigenvalue weighted by atomic mass is 10.2. The Labute approximate surface area is 70.2 Å². The van der Waals surface area contributed by atoms with Gasteiger partial charge in [-0.2, -0.15) is 0 Å². The predicted octanol–water partition coefficient (Wildman–Crippen LogP) is 1.84. The summed E-state index contributed by atoms with van der Waals surface area (Å²) in [6.07, 6.45) is 4.09. The summed E-state index contributed by atoms with van der Waals surface area (Å²) in [6, 6.07) is 0. The minimum absolute atomic E-state index is 0.230. The molecule has 0 amide bonds. The van der Waals surface area contributed by atoms with Gasteiger partial charge in [-0.1, -0.05) is 26.7 Å². The summed E-state index contributed by atoms with van der Waals surface area (Å²) < 4.78 is 0. The van der Waals surface area contributed by atoms with Gasteiger partial charge in [0.2, 0.25) is 0 Å². The van der Waals surface area contributed by atoms with E-state index in [0.29, 0.717) is 0 Å². The van der Waals surface area contributed by atoms with Crippen LogP contribution in [0.1, 0.15) is 39.5 Å². The molecule has 0 aliphatic rings. The third-order valence-electron chi connectivity index (χ3n) is 1.92. The minimum atomic E-state index is -0.230. The molecule has 0 aromatic heterocycles. The maximum atomic E-state index is 9.47. The standard InChI is InChI=1S/C9H21NO/c1-4-6-8-10(3)9(11)7-5-2/h9,11H,4-8H2,1-3H3. The Morgan fingerprint density at radius 1 is 1.27 bits per heavy atom. The van der Waals surface area contributed by atoms with Gasteiger partial charge in [-0.25, -0.2) is 0 Å². The van der Waals surface area contributed by atoms with Crippen LogP contribution < -0.4 is 0 Å². The smallest absolute Gasteiger partial charge is 0.107 e. The third-order valence-corrected chi connectivity index (χ3v) is 1.92. The fourth-order valence-corrected chi connectivity index (χ4v) is 1.04. The van der Waals surface area contributed by atoms with E-state index in [1.165, 1.54) is 12.8 Å². The molecule has 0 rings (SSSR count). The van der Waals surface area contributed by atoms with E-state index >= 15 is 0 Å². The van der Waals surface area contributed by atoms with Crippen LogP contribution in [0.5, 0.6) is 0 Å². The first-order chi connectivity index (χ1) is 5.22. The highest BCUT2D eigenvalue weighted by molar-refractivity contribution is 4.55. The van der Waals surface area contributed by atoms with Crippen molar-refractivity contribution in [2.24, 2.45) is 0 Å². The number of aliphatic hydroxyl groups excluding tert-OH is 1. The van der Waals surface area contributed by atoms with Crippen LogP contribution in [0.25, 0.3) is 0 Å². The molecule has 68 valence electrons. The van der Waals surface area contributed by atoms with Crippen LogP contribution in [0.3, 0.4) is 0 Å². The van der Waals surface area contributed by atoms with Gasteiger partial charge in [-0.05, 0) is 19.9 Å². The molecular weight excluding hydrogens is 138 g/mol. The second-order valence-electron chi connectivity index (χ2n) is 3.10. The van der Waals surface area contributed by atoms with Crippen LogP contribution in [-0.2, 0) is 0 Å². The van der Waals surface area contributed by atoms with Gasteiger partial charge in [0.15, 0.2) is 0 Å². The van der Waals surface area contributed by atoms with Crippen molar-refractivity contribution >= 4 is 0 Å². The molecule has 1 N–H and O–H groups in total. The zero-order chi connectivity index (χ0) is 8.69. The highest BCUT2D eigenvalue weighted by Crippen LogP contribution is 2.02. The summed E-state index contributed by atoms with van der Waals surface area (Å²) in [4.78, 5) is 2.02. The largest absolute Gasteiger partial charge is 0.378 e. The van der Waals surface area contributed by atoms with Crippen molar-refractivity contribution in [3.8, 4) is 0 Å². The van der Waals surface area contributed by atoms with Gasteiger partial charge in [0.05, 0.1) is 0 Å². The van der Waals surface area contributed by atoms with E-state index in [-0.39, 0.29) is 6.23 Å². The molecule has 0 saturated heterocycles. The molecule has 1 atom stereocenters. The molecule has 0 aromatic rings. The fourth-order valence-electron chi connectivity index (χ4n) is 1.04. The number of nitrogens with zero attached hydrogens (tertiary/aromatic N) is 1. The van der Waals surface area contributed by atoms with Crippen molar-refractivity contribution in [3.63, 3.8) is 0 Å². The maximum absolute atomic E-state index is 9.47. The van der Waals surface area contributed by atoms with E-state index in [1.54, 1.807) is 0 Å². The lowest BCUT2D eigenvalue weighted by Gasteiger charge is -2.22. The lowest BCUT2D eigenvalue weighted by Crippen LogP contribution is -2.31. The van der Waals surface area contributed by atoms with Crippen molar-refractivity contribution in [1.82, 2.24) is 4.90 Å². The molecule has 0 spiro atoms. The first-order valence-corrected chi connectivity index (χ1v) is 4.60. The number of aliphatic hydroxyl groups is 1. The predicted molar refractivity (Wildman–Crippen MR) is 48.5 cm³/mol. The van der Waals surface area contributed by atoms with Crippen LogP contribution in [0.15, 0.2) is 0 Å². The summed E-state index contributed by atoms with van der Waals surface area (Å²) >= 11 is 0. The normalized spacial score (nSPS) is 13.9. The van der Waals surface area contributed by atoms with Crippen LogP contribution in [-0.4, -0.2) is 29.8 Å². The van der Waals surface area contributed by atoms with Gasteiger partial charge >= 0.3 is 0 Å². The molecule has 0 aliphatic carbocycles. The molecule has 2 heteroatoms. The van der Waals surface area contributed by atoms with Gasteiger partial charge in [-0.15, -0.1) is 0 Å². The zero-order valence-electron chi connectivity index (χ0n) is 8.01. The second kappa shape index (κ2) is 6.62. The summed E-state index contributed by atoms with van der Waals surface area (Å²) in [5, 5.41) is 9.47. The molecule has 1 unspecified atom stereocenters. The molecule has 2 nitrogen and oxygen atoms in total. The highest BCUT2D eigenvalue weighted by Gasteiger charge is 2.07. The Bertz CT molecular complexity index is 85.6. The Hall–Kier alpha value is -0.0800. The number of rotatable bonds is 6. The number of unbranched alkanes of at least 4 members (excludes halogenated alkanes) is 1. The molecule has 11 heavy (non-hydrogen) atoms. The van der Waals surface area contributed by atoms with Gasteiger partial charge in [0.25, 0.3) is 0 Å². The highest BCUT2D eigenvalue weighted by atomic mass is 16.3. The molecule has 0 aromatic carbocycles. The summed E-state index contributed by atoms with van der Waals surface area (Å²) in [6.45, 7) is 5.27. The van der Waals surface area contributed by atoms with Crippen molar-refractivity contribution in [2.75, 3.05) is 13.6 Å². The van der Waals surface area contributed by atoms with E-state index in [2.05, 4.69) is 13.8 Å². The van der Waals surface area contributed by atoms with Crippen LogP contribution in [0.2, 0.25) is 0 Å². The fraction of sp³-hybridized carbons (Fsp3) is 1.00. The van der Waals surface area contributed by atoms with E-state index in [4.69, 9.17) is 0 Å². The Balaban J connectivity index is 3.38. The van der Waals surface area contributed by atoms with E-state index < -0.39 is 0 Å². The first-order valence-electron chi connectivity index (χ1n) is 4.60.